The summed E-state index contributed by atoms with van der Waals surface area (Å²) in [5, 5.41) is 0.507. The molecule has 1 aromatic heterocycles. The summed E-state index contributed by atoms with van der Waals surface area (Å²) in [6, 6.07) is 5.35. The molecule has 1 saturated heterocycles. The second-order valence-corrected chi connectivity index (χ2v) is 8.89. The number of likely N-dealkylation sites (N-methyl/N-ethyl adjacent to an activating group) is 1. The number of benzene rings is 1. The van der Waals surface area contributed by atoms with Crippen molar-refractivity contribution >= 4 is 22.9 Å². The molecule has 0 aliphatic carbocycles. The van der Waals surface area contributed by atoms with E-state index in [0.717, 1.165) is 18.4 Å². The van der Waals surface area contributed by atoms with E-state index in [4.69, 9.17) is 4.74 Å². The number of aromatic nitrogens is 2. The number of nitrogens with zero attached hydrogens (tertiary/aromatic N) is 4. The molecule has 3 rings (SSSR count). The monoisotopic (exact) mass is 414 g/mol. The number of amides is 2. The number of carbonyl (C=O) groups is 2. The van der Waals surface area contributed by atoms with Gasteiger partial charge in [-0.2, -0.15) is 0 Å². The van der Waals surface area contributed by atoms with Crippen molar-refractivity contribution in [1.82, 2.24) is 19.4 Å². The van der Waals surface area contributed by atoms with Crippen molar-refractivity contribution < 1.29 is 14.3 Å². The third-order valence-electron chi connectivity index (χ3n) is 5.25. The Balaban J connectivity index is 1.71. The van der Waals surface area contributed by atoms with Crippen LogP contribution >= 0.6 is 0 Å². The normalized spacial score (nSPS) is 16.7. The molecular weight excluding hydrogens is 384 g/mol. The van der Waals surface area contributed by atoms with Gasteiger partial charge in [0.05, 0.1) is 17.2 Å². The third-order valence-corrected chi connectivity index (χ3v) is 5.25. The third kappa shape index (κ3) is 4.80. The van der Waals surface area contributed by atoms with Gasteiger partial charge in [0.15, 0.2) is 0 Å². The minimum atomic E-state index is -0.570. The van der Waals surface area contributed by atoms with E-state index in [1.165, 1.54) is 15.8 Å². The van der Waals surface area contributed by atoms with Gasteiger partial charge >= 0.3 is 6.09 Å². The summed E-state index contributed by atoms with van der Waals surface area (Å²) in [5.41, 5.74) is 0.787. The van der Waals surface area contributed by atoms with Crippen LogP contribution in [0, 0.1) is 6.92 Å². The number of carbonyl (C=O) groups excluding carboxylic acids is 2. The lowest BCUT2D eigenvalue weighted by molar-refractivity contribution is -0.133. The molecule has 30 heavy (non-hydrogen) atoms. The van der Waals surface area contributed by atoms with Crippen molar-refractivity contribution in [1.29, 1.82) is 0 Å². The summed E-state index contributed by atoms with van der Waals surface area (Å²) in [6.07, 6.45) is 2.70. The summed E-state index contributed by atoms with van der Waals surface area (Å²) in [7, 11) is 1.68. The maximum atomic E-state index is 13.0. The Morgan fingerprint density at radius 1 is 1.30 bits per heavy atom. The molecule has 0 spiro atoms. The van der Waals surface area contributed by atoms with E-state index >= 15 is 0 Å². The average Bonchev–Trinajstić information content (AvgIpc) is 3.11. The fraction of sp³-hybridized carbons (Fsp3) is 0.545. The van der Waals surface area contributed by atoms with E-state index < -0.39 is 11.7 Å². The second kappa shape index (κ2) is 8.45. The van der Waals surface area contributed by atoms with Gasteiger partial charge in [-0.25, -0.2) is 9.78 Å². The van der Waals surface area contributed by atoms with Gasteiger partial charge in [-0.3, -0.25) is 14.2 Å². The van der Waals surface area contributed by atoms with Crippen LogP contribution in [-0.4, -0.2) is 63.1 Å². The van der Waals surface area contributed by atoms with Crippen molar-refractivity contribution in [3.8, 4) is 0 Å². The van der Waals surface area contributed by atoms with Gasteiger partial charge in [0.1, 0.15) is 12.1 Å². The molecule has 0 unspecified atom stereocenters. The molecule has 1 fully saturated rings. The molecule has 0 bridgehead atoms. The Kier molecular flexibility index (Phi) is 6.14. The molecule has 162 valence electrons. The van der Waals surface area contributed by atoms with Crippen LogP contribution in [0.3, 0.4) is 0 Å². The fourth-order valence-corrected chi connectivity index (χ4v) is 3.77. The highest BCUT2D eigenvalue weighted by atomic mass is 16.6. The lowest BCUT2D eigenvalue weighted by Crippen LogP contribution is -2.46. The Morgan fingerprint density at radius 3 is 2.73 bits per heavy atom. The molecule has 2 amide bonds. The minimum absolute atomic E-state index is 0.0671. The number of rotatable bonds is 4. The van der Waals surface area contributed by atoms with Crippen LogP contribution in [0.4, 0.5) is 4.79 Å². The molecule has 0 N–H and O–H groups in total. The van der Waals surface area contributed by atoms with E-state index in [-0.39, 0.29) is 24.1 Å². The largest absolute Gasteiger partial charge is 0.444 e. The zero-order valence-corrected chi connectivity index (χ0v) is 18.3. The molecule has 1 aliphatic heterocycles. The smallest absolute Gasteiger partial charge is 0.410 e. The standard InChI is InChI=1S/C22H30N4O4/c1-15-8-6-10-17-19(15)23-14-25(20(17)28)13-18(27)26-11-7-9-16(26)12-24(5)21(29)30-22(2,3)4/h6,8,10,14,16H,7,9,11-13H2,1-5H3/t16-/m0/s1. The zero-order valence-electron chi connectivity index (χ0n) is 18.3. The van der Waals surface area contributed by atoms with Crippen LogP contribution in [0.1, 0.15) is 39.2 Å². The van der Waals surface area contributed by atoms with Crippen LogP contribution < -0.4 is 5.56 Å². The highest BCUT2D eigenvalue weighted by Gasteiger charge is 2.31. The Labute approximate surface area is 176 Å². The number of likely N-dealkylation sites (tertiary alicyclic amines) is 1. The number of para-hydroxylation sites is 1. The van der Waals surface area contributed by atoms with E-state index in [1.54, 1.807) is 18.0 Å². The highest BCUT2D eigenvalue weighted by molar-refractivity contribution is 5.81. The van der Waals surface area contributed by atoms with Crippen molar-refractivity contribution in [3.05, 3.63) is 40.4 Å². The molecule has 2 heterocycles. The topological polar surface area (TPSA) is 84.7 Å². The zero-order chi connectivity index (χ0) is 22.1. The van der Waals surface area contributed by atoms with Gasteiger partial charge < -0.3 is 14.5 Å². The van der Waals surface area contributed by atoms with E-state index in [1.807, 2.05) is 39.8 Å². The maximum absolute atomic E-state index is 13.0. The molecule has 0 radical (unpaired) electrons. The predicted octanol–water partition coefficient (Wildman–Crippen LogP) is 2.56. The first-order valence-corrected chi connectivity index (χ1v) is 10.2. The van der Waals surface area contributed by atoms with Crippen LogP contribution in [0.15, 0.2) is 29.3 Å². The van der Waals surface area contributed by atoms with Crippen molar-refractivity contribution in [3.63, 3.8) is 0 Å². The number of hydrogen-bond acceptors (Lipinski definition) is 5. The molecule has 8 heteroatoms. The highest BCUT2D eigenvalue weighted by Crippen LogP contribution is 2.20. The fourth-order valence-electron chi connectivity index (χ4n) is 3.77. The van der Waals surface area contributed by atoms with Crippen LogP contribution in [0.25, 0.3) is 10.9 Å². The Morgan fingerprint density at radius 2 is 2.03 bits per heavy atom. The van der Waals surface area contributed by atoms with Gasteiger partial charge in [-0.15, -0.1) is 0 Å². The van der Waals surface area contributed by atoms with E-state index in [0.29, 0.717) is 24.0 Å². The molecule has 1 aliphatic rings. The lowest BCUT2D eigenvalue weighted by Gasteiger charge is -2.30. The van der Waals surface area contributed by atoms with Crippen LogP contribution in [0.2, 0.25) is 0 Å². The maximum Gasteiger partial charge on any atom is 0.410 e. The van der Waals surface area contributed by atoms with Gasteiger partial charge in [0.2, 0.25) is 5.91 Å². The predicted molar refractivity (Wildman–Crippen MR) is 114 cm³/mol. The first-order chi connectivity index (χ1) is 14.1. The van der Waals surface area contributed by atoms with Crippen LogP contribution in [0.5, 0.6) is 0 Å². The van der Waals surface area contributed by atoms with Gasteiger partial charge in [0, 0.05) is 26.2 Å². The van der Waals surface area contributed by atoms with Gasteiger partial charge in [-0.1, -0.05) is 12.1 Å². The minimum Gasteiger partial charge on any atom is -0.444 e. The molecule has 0 saturated carbocycles. The van der Waals surface area contributed by atoms with E-state index in [2.05, 4.69) is 4.98 Å². The molecule has 2 aromatic rings. The Hall–Kier alpha value is -2.90. The molecular formula is C22H30N4O4. The number of hydrogen-bond donors (Lipinski definition) is 0. The average molecular weight is 415 g/mol. The summed E-state index contributed by atoms with van der Waals surface area (Å²) in [4.78, 5) is 45.7. The van der Waals surface area contributed by atoms with Gasteiger partial charge in [0.25, 0.3) is 5.56 Å². The number of fused-ring (bicyclic) bond motifs is 1. The second-order valence-electron chi connectivity index (χ2n) is 8.89. The number of ether oxygens (including phenoxy) is 1. The Bertz CT molecular complexity index is 1010. The quantitative estimate of drug-likeness (QED) is 0.768. The van der Waals surface area contributed by atoms with Crippen molar-refractivity contribution in [2.45, 2.75) is 58.7 Å². The van der Waals surface area contributed by atoms with Crippen molar-refractivity contribution in [2.24, 2.45) is 0 Å². The summed E-state index contributed by atoms with van der Waals surface area (Å²) < 4.78 is 6.76. The van der Waals surface area contributed by atoms with Gasteiger partial charge in [-0.05, 0) is 52.2 Å². The van der Waals surface area contributed by atoms with Crippen LogP contribution in [-0.2, 0) is 16.1 Å². The van der Waals surface area contributed by atoms with E-state index in [9.17, 15) is 14.4 Å². The summed E-state index contributed by atoms with van der Waals surface area (Å²) >= 11 is 0. The summed E-state index contributed by atoms with van der Waals surface area (Å²) in [5.74, 6) is -0.147. The van der Waals surface area contributed by atoms with Crippen molar-refractivity contribution in [2.75, 3.05) is 20.1 Å². The molecule has 8 nitrogen and oxygen atoms in total. The summed E-state index contributed by atoms with van der Waals surface area (Å²) in [6.45, 7) is 8.30. The molecule has 1 atom stereocenters. The first kappa shape index (κ1) is 21.8. The SMILES string of the molecule is Cc1cccc2c(=O)n(CC(=O)N3CCC[C@H]3CN(C)C(=O)OC(C)(C)C)cnc12. The first-order valence-electron chi connectivity index (χ1n) is 10.2. The lowest BCUT2D eigenvalue weighted by atomic mass is 10.1. The number of aryl methyl sites for hydroxylation is 1. The molecule has 1 aromatic carbocycles.